The molecule has 0 aromatic heterocycles. The van der Waals surface area contributed by atoms with Crippen LogP contribution in [0.1, 0.15) is 35.9 Å². The molecular weight excluding hydrogens is 388 g/mol. The molecule has 0 spiro atoms. The number of benzene rings is 2. The molecule has 30 heavy (non-hydrogen) atoms. The molecule has 0 fully saturated rings. The number of carbonyl (C=O) groups excluding carboxylic acids is 1. The lowest BCUT2D eigenvalue weighted by Gasteiger charge is -2.32. The molecule has 7 nitrogen and oxygen atoms in total. The molecule has 1 aliphatic carbocycles. The van der Waals surface area contributed by atoms with Gasteiger partial charge in [-0.3, -0.25) is 4.79 Å². The Morgan fingerprint density at radius 3 is 1.70 bits per heavy atom. The summed E-state index contributed by atoms with van der Waals surface area (Å²) in [6.45, 7) is 3.66. The van der Waals surface area contributed by atoms with Gasteiger partial charge in [-0.15, -0.1) is 0 Å². The highest BCUT2D eigenvalue weighted by Gasteiger charge is 2.38. The van der Waals surface area contributed by atoms with Gasteiger partial charge in [0.25, 0.3) is 0 Å². The summed E-state index contributed by atoms with van der Waals surface area (Å²) < 4.78 is 27.6. The molecule has 3 rings (SSSR count). The van der Waals surface area contributed by atoms with Crippen molar-refractivity contribution in [3.05, 3.63) is 29.3 Å². The first-order valence-corrected chi connectivity index (χ1v) is 9.65. The van der Waals surface area contributed by atoms with Gasteiger partial charge >= 0.3 is 0 Å². The van der Waals surface area contributed by atoms with Crippen molar-refractivity contribution in [1.29, 1.82) is 0 Å². The van der Waals surface area contributed by atoms with Crippen LogP contribution in [0.5, 0.6) is 28.7 Å². The maximum absolute atomic E-state index is 13.4. The monoisotopic (exact) mass is 416 g/mol. The van der Waals surface area contributed by atoms with Gasteiger partial charge in [-0.05, 0) is 35.2 Å². The number of aliphatic hydroxyl groups excluding tert-OH is 1. The minimum absolute atomic E-state index is 0.0862. The molecule has 0 radical (unpaired) electrons. The third-order valence-corrected chi connectivity index (χ3v) is 5.94. The van der Waals surface area contributed by atoms with Crippen molar-refractivity contribution < 1.29 is 33.6 Å². The van der Waals surface area contributed by atoms with Crippen LogP contribution in [0.4, 0.5) is 0 Å². The second kappa shape index (κ2) is 8.44. The first-order chi connectivity index (χ1) is 14.3. The molecule has 162 valence electrons. The zero-order chi connectivity index (χ0) is 22.2. The number of methoxy groups -OCH3 is 5. The van der Waals surface area contributed by atoms with Crippen LogP contribution in [0, 0.1) is 11.8 Å². The van der Waals surface area contributed by atoms with E-state index in [2.05, 4.69) is 0 Å². The van der Waals surface area contributed by atoms with Gasteiger partial charge in [0, 0.05) is 17.0 Å². The fourth-order valence-electron chi connectivity index (χ4n) is 4.02. The van der Waals surface area contributed by atoms with E-state index in [1.54, 1.807) is 18.2 Å². The molecule has 0 bridgehead atoms. The number of fused-ring (bicyclic) bond motifs is 3. The van der Waals surface area contributed by atoms with E-state index < -0.39 is 12.0 Å². The zero-order valence-corrected chi connectivity index (χ0v) is 18.4. The van der Waals surface area contributed by atoms with E-state index in [1.807, 2.05) is 13.8 Å². The maximum atomic E-state index is 13.4. The molecule has 0 saturated carbocycles. The largest absolute Gasteiger partial charge is 0.493 e. The zero-order valence-electron chi connectivity index (χ0n) is 18.4. The van der Waals surface area contributed by atoms with E-state index in [4.69, 9.17) is 23.7 Å². The second-order valence-electron chi connectivity index (χ2n) is 7.32. The summed E-state index contributed by atoms with van der Waals surface area (Å²) in [5.74, 6) is 1.21. The van der Waals surface area contributed by atoms with E-state index >= 15 is 0 Å². The molecule has 3 atom stereocenters. The standard InChI is InChI=1S/C23H28O7/c1-11-12(2)21(25)19-14(9-18(28-5)22(29-6)23(19)30-7)13-8-16(26-3)17(27-4)10-15(13)20(11)24/h8-12,21,25H,1-7H3/t11-,12-,21-/m0/s1. The van der Waals surface area contributed by atoms with E-state index in [0.717, 1.165) is 0 Å². The molecular formula is C23H28O7. The Kier molecular flexibility index (Phi) is 6.12. The molecule has 0 amide bonds. The average molecular weight is 416 g/mol. The highest BCUT2D eigenvalue weighted by Crippen LogP contribution is 2.52. The number of ketones is 1. The molecule has 0 heterocycles. The van der Waals surface area contributed by atoms with Crippen molar-refractivity contribution in [3.63, 3.8) is 0 Å². The molecule has 0 saturated heterocycles. The van der Waals surface area contributed by atoms with Gasteiger partial charge in [0.15, 0.2) is 28.8 Å². The van der Waals surface area contributed by atoms with Gasteiger partial charge in [-0.2, -0.15) is 0 Å². The second-order valence-corrected chi connectivity index (χ2v) is 7.32. The summed E-state index contributed by atoms with van der Waals surface area (Å²) in [6, 6.07) is 5.18. The minimum atomic E-state index is -0.963. The normalized spacial score (nSPS) is 20.4. The van der Waals surface area contributed by atoms with Crippen LogP contribution in [0.15, 0.2) is 18.2 Å². The van der Waals surface area contributed by atoms with E-state index in [0.29, 0.717) is 51.0 Å². The van der Waals surface area contributed by atoms with Crippen LogP contribution in [-0.2, 0) is 0 Å². The summed E-state index contributed by atoms with van der Waals surface area (Å²) >= 11 is 0. The molecule has 0 unspecified atom stereocenters. The molecule has 1 aliphatic rings. The van der Waals surface area contributed by atoms with Crippen LogP contribution < -0.4 is 23.7 Å². The van der Waals surface area contributed by atoms with Crippen molar-refractivity contribution in [2.75, 3.05) is 35.5 Å². The fraction of sp³-hybridized carbons (Fsp3) is 0.435. The SMILES string of the molecule is COc1cc2c(cc1OC)-c1cc(OC)c(OC)c(OC)c1[C@@H](O)[C@@H](C)[C@H](C)C2=O. The van der Waals surface area contributed by atoms with Gasteiger partial charge < -0.3 is 28.8 Å². The topological polar surface area (TPSA) is 83.5 Å². The molecule has 2 aromatic carbocycles. The van der Waals surface area contributed by atoms with Gasteiger partial charge in [0.1, 0.15) is 0 Å². The quantitative estimate of drug-likeness (QED) is 0.791. The maximum Gasteiger partial charge on any atom is 0.203 e. The van der Waals surface area contributed by atoms with Crippen molar-refractivity contribution in [1.82, 2.24) is 0 Å². The van der Waals surface area contributed by atoms with Crippen molar-refractivity contribution in [2.45, 2.75) is 20.0 Å². The van der Waals surface area contributed by atoms with E-state index in [9.17, 15) is 9.90 Å². The Hall–Kier alpha value is -2.93. The van der Waals surface area contributed by atoms with E-state index in [-0.39, 0.29) is 11.7 Å². The Balaban J connectivity index is 2.51. The van der Waals surface area contributed by atoms with Crippen LogP contribution in [-0.4, -0.2) is 46.4 Å². The highest BCUT2D eigenvalue weighted by molar-refractivity contribution is 6.05. The lowest BCUT2D eigenvalue weighted by atomic mass is 9.75. The number of hydrogen-bond donors (Lipinski definition) is 1. The lowest BCUT2D eigenvalue weighted by Crippen LogP contribution is -2.27. The number of hydrogen-bond acceptors (Lipinski definition) is 7. The van der Waals surface area contributed by atoms with Gasteiger partial charge in [-0.1, -0.05) is 13.8 Å². The number of aliphatic hydroxyl groups is 1. The molecule has 0 aliphatic heterocycles. The molecule has 1 N–H and O–H groups in total. The Morgan fingerprint density at radius 2 is 1.20 bits per heavy atom. The smallest absolute Gasteiger partial charge is 0.203 e. The Morgan fingerprint density at radius 1 is 0.700 bits per heavy atom. The average Bonchev–Trinajstić information content (AvgIpc) is 2.78. The Labute approximate surface area is 176 Å². The highest BCUT2D eigenvalue weighted by atomic mass is 16.5. The van der Waals surface area contributed by atoms with Crippen LogP contribution in [0.25, 0.3) is 11.1 Å². The van der Waals surface area contributed by atoms with Crippen LogP contribution >= 0.6 is 0 Å². The van der Waals surface area contributed by atoms with Crippen molar-refractivity contribution in [3.8, 4) is 39.9 Å². The summed E-state index contributed by atoms with van der Waals surface area (Å²) in [6.07, 6.45) is -0.963. The Bertz CT molecular complexity index is 967. The number of rotatable bonds is 5. The lowest BCUT2D eigenvalue weighted by molar-refractivity contribution is 0.0640. The van der Waals surface area contributed by atoms with Crippen molar-refractivity contribution >= 4 is 5.78 Å². The third kappa shape index (κ3) is 3.23. The fourth-order valence-corrected chi connectivity index (χ4v) is 4.02. The van der Waals surface area contributed by atoms with E-state index in [1.165, 1.54) is 35.5 Å². The van der Waals surface area contributed by atoms with Crippen LogP contribution in [0.2, 0.25) is 0 Å². The summed E-state index contributed by atoms with van der Waals surface area (Å²) in [5, 5.41) is 11.3. The summed E-state index contributed by atoms with van der Waals surface area (Å²) in [4.78, 5) is 13.4. The molecule has 2 aromatic rings. The minimum Gasteiger partial charge on any atom is -0.493 e. The number of Topliss-reactive ketones (excluding diaryl/α,β-unsaturated/α-hetero) is 1. The first kappa shape index (κ1) is 21.8. The summed E-state index contributed by atoms with van der Waals surface area (Å²) in [5.41, 5.74) is 2.23. The summed E-state index contributed by atoms with van der Waals surface area (Å²) in [7, 11) is 7.61. The van der Waals surface area contributed by atoms with Gasteiger partial charge in [0.2, 0.25) is 5.75 Å². The van der Waals surface area contributed by atoms with Gasteiger partial charge in [0.05, 0.1) is 41.7 Å². The van der Waals surface area contributed by atoms with Gasteiger partial charge in [-0.25, -0.2) is 0 Å². The predicted octanol–water partition coefficient (Wildman–Crippen LogP) is 3.90. The molecule has 7 heteroatoms. The van der Waals surface area contributed by atoms with Crippen LogP contribution in [0.3, 0.4) is 0 Å². The predicted molar refractivity (Wildman–Crippen MR) is 112 cm³/mol. The third-order valence-electron chi connectivity index (χ3n) is 5.94. The number of ether oxygens (including phenoxy) is 5. The number of carbonyl (C=O) groups is 1. The first-order valence-electron chi connectivity index (χ1n) is 9.65. The van der Waals surface area contributed by atoms with Crippen molar-refractivity contribution in [2.24, 2.45) is 11.8 Å².